The molecule has 1 aliphatic carbocycles. The molecule has 3 aliphatic rings. The predicted octanol–water partition coefficient (Wildman–Crippen LogP) is 5.02. The van der Waals surface area contributed by atoms with E-state index < -0.39 is 60.5 Å². The highest BCUT2D eigenvalue weighted by atomic mass is 35.5. The molecule has 4 heterocycles. The lowest BCUT2D eigenvalue weighted by atomic mass is 10.1. The molecule has 1 N–H and O–H groups in total. The molecular formula is C28H41ClN5O9P. The molecule has 0 radical (unpaired) electrons. The zero-order valence-electron chi connectivity index (χ0n) is 26.3. The molecule has 5 atom stereocenters. The Bertz CT molecular complexity index is 1480. The predicted molar refractivity (Wildman–Crippen MR) is 160 cm³/mol. The van der Waals surface area contributed by atoms with Crippen molar-refractivity contribution in [2.45, 2.75) is 115 Å². The number of hydrogen-bond acceptors (Lipinski definition) is 11. The number of halogens is 1. The number of nitrogens with zero attached hydrogens (tertiary/aromatic N) is 5. The normalized spacial score (nSPS) is 26.9. The first kappa shape index (κ1) is 33.0. The molecule has 1 unspecified atom stereocenters. The summed E-state index contributed by atoms with van der Waals surface area (Å²) in [5, 5.41) is 12.8. The third-order valence-electron chi connectivity index (χ3n) is 8.23. The molecule has 0 bridgehead atoms. The summed E-state index contributed by atoms with van der Waals surface area (Å²) in [6.45, 7) is 12.7. The van der Waals surface area contributed by atoms with Crippen LogP contribution in [0, 0.1) is 0 Å². The van der Waals surface area contributed by atoms with Crippen LogP contribution in [0.25, 0.3) is 11.0 Å². The molecule has 244 valence electrons. The summed E-state index contributed by atoms with van der Waals surface area (Å²) in [5.41, 5.74) is -0.433. The van der Waals surface area contributed by atoms with Crippen molar-refractivity contribution in [3.05, 3.63) is 11.5 Å². The number of carboxylic acids is 1. The lowest BCUT2D eigenvalue weighted by molar-refractivity contribution is -0.206. The quantitative estimate of drug-likeness (QED) is 0.298. The third kappa shape index (κ3) is 6.21. The molecule has 5 rings (SSSR count). The maximum atomic E-state index is 13.5. The third-order valence-corrected chi connectivity index (χ3v) is 10.8. The Labute approximate surface area is 261 Å². The Morgan fingerprint density at radius 3 is 2.39 bits per heavy atom. The van der Waals surface area contributed by atoms with Gasteiger partial charge < -0.3 is 33.4 Å². The van der Waals surface area contributed by atoms with E-state index >= 15 is 0 Å². The van der Waals surface area contributed by atoms with Crippen LogP contribution >= 0.6 is 18.7 Å². The fraction of sp³-hybridized carbons (Fsp3) is 0.750. The highest BCUT2D eigenvalue weighted by Gasteiger charge is 2.58. The van der Waals surface area contributed by atoms with Crippen molar-refractivity contribution >= 4 is 47.7 Å². The van der Waals surface area contributed by atoms with E-state index in [-0.39, 0.29) is 23.8 Å². The van der Waals surface area contributed by atoms with E-state index in [1.54, 1.807) is 45.7 Å². The highest BCUT2D eigenvalue weighted by Crippen LogP contribution is 2.53. The van der Waals surface area contributed by atoms with Gasteiger partial charge in [0.05, 0.1) is 18.2 Å². The summed E-state index contributed by atoms with van der Waals surface area (Å²) in [5.74, 6) is -2.05. The van der Waals surface area contributed by atoms with Gasteiger partial charge in [-0.25, -0.2) is 14.3 Å². The van der Waals surface area contributed by atoms with Crippen LogP contribution in [0.15, 0.2) is 6.20 Å². The molecule has 2 aromatic rings. The smallest absolute Gasteiger partial charge is 0.416 e. The van der Waals surface area contributed by atoms with Gasteiger partial charge in [-0.05, 0) is 79.3 Å². The summed E-state index contributed by atoms with van der Waals surface area (Å²) in [4.78, 5) is 36.1. The second-order valence-corrected chi connectivity index (χ2v) is 17.4. The first-order chi connectivity index (χ1) is 20.3. The molecule has 16 heteroatoms. The van der Waals surface area contributed by atoms with Gasteiger partial charge in [-0.15, -0.1) is 0 Å². The lowest BCUT2D eigenvalue weighted by Gasteiger charge is -2.31. The summed E-state index contributed by atoms with van der Waals surface area (Å²) >= 11 is 6.46. The zero-order chi connectivity index (χ0) is 32.4. The standard InChI is InChI=1S/C28H41ClN5O9P/c1-26(2,3)43-25(37)33(15-11-9-10-12-15)20-16-13-30-34(21(16)32-24(29)31-20)22-19-18(41-27(4,5)42-19)17(40-22)14-39-28(6,23(35)36)44(7,8)38/h13,15,17-19,22H,9-12,14H2,1-8H3,(H,35,36)/t17-,18-,19-,22-,28?/m1/s1. The SMILES string of the molecule is CC(C)(C)OC(=O)N(c1nc(Cl)nc2c1cnn2[C@@H]1O[C@H](COC(C)(C(=O)O)P(C)(C)=O)[C@H]2OC(C)(C)O[C@H]21)C1CCCC1. The number of carbonyl (C=O) groups excluding carboxylic acids is 1. The van der Waals surface area contributed by atoms with Crippen LogP contribution in [0.1, 0.15) is 73.5 Å². The van der Waals surface area contributed by atoms with Gasteiger partial charge in [0.25, 0.3) is 0 Å². The summed E-state index contributed by atoms with van der Waals surface area (Å²) in [7, 11) is -3.24. The van der Waals surface area contributed by atoms with Crippen LogP contribution in [-0.4, -0.2) is 97.9 Å². The average Bonchev–Trinajstić information content (AvgIpc) is 3.65. The van der Waals surface area contributed by atoms with Crippen LogP contribution in [-0.2, 0) is 33.0 Å². The van der Waals surface area contributed by atoms with Gasteiger partial charge in [-0.2, -0.15) is 15.1 Å². The first-order valence-electron chi connectivity index (χ1n) is 14.7. The molecule has 1 amide bonds. The number of carboxylic acid groups (broad SMARTS) is 1. The number of ether oxygens (including phenoxy) is 5. The van der Waals surface area contributed by atoms with E-state index in [0.717, 1.165) is 25.7 Å². The monoisotopic (exact) mass is 657 g/mol. The number of fused-ring (bicyclic) bond motifs is 2. The van der Waals surface area contributed by atoms with Crippen molar-refractivity contribution in [2.24, 2.45) is 0 Å². The minimum Gasteiger partial charge on any atom is -0.479 e. The number of anilines is 1. The van der Waals surface area contributed by atoms with E-state index in [1.165, 1.54) is 24.9 Å². The van der Waals surface area contributed by atoms with Crippen molar-refractivity contribution in [2.75, 3.05) is 24.8 Å². The minimum atomic E-state index is -3.24. The van der Waals surface area contributed by atoms with E-state index in [2.05, 4.69) is 15.1 Å². The Balaban J connectivity index is 1.52. The average molecular weight is 658 g/mol. The number of amides is 1. The lowest BCUT2D eigenvalue weighted by Crippen LogP contribution is -2.43. The molecule has 0 spiro atoms. The van der Waals surface area contributed by atoms with Crippen molar-refractivity contribution in [1.29, 1.82) is 0 Å². The van der Waals surface area contributed by atoms with Gasteiger partial charge in [0.1, 0.15) is 31.1 Å². The Kier molecular flexibility index (Phi) is 8.61. The number of rotatable bonds is 8. The molecular weight excluding hydrogens is 617 g/mol. The van der Waals surface area contributed by atoms with Crippen molar-refractivity contribution in [3.63, 3.8) is 0 Å². The minimum absolute atomic E-state index is 0.0991. The summed E-state index contributed by atoms with van der Waals surface area (Å²) < 4.78 is 44.7. The van der Waals surface area contributed by atoms with Gasteiger partial charge >= 0.3 is 12.1 Å². The van der Waals surface area contributed by atoms with Crippen LogP contribution < -0.4 is 4.90 Å². The Hall–Kier alpha value is -2.35. The van der Waals surface area contributed by atoms with Crippen LogP contribution in [0.5, 0.6) is 0 Å². The molecule has 2 aliphatic heterocycles. The van der Waals surface area contributed by atoms with Crippen LogP contribution in [0.3, 0.4) is 0 Å². The number of hydrogen-bond donors (Lipinski definition) is 1. The highest BCUT2D eigenvalue weighted by molar-refractivity contribution is 7.64. The molecule has 2 aromatic heterocycles. The molecule has 1 saturated carbocycles. The van der Waals surface area contributed by atoms with Gasteiger partial charge in [0.15, 0.2) is 23.5 Å². The van der Waals surface area contributed by atoms with Crippen molar-refractivity contribution in [3.8, 4) is 0 Å². The van der Waals surface area contributed by atoms with Gasteiger partial charge in [-0.1, -0.05) is 12.8 Å². The summed E-state index contributed by atoms with van der Waals surface area (Å²) in [6, 6.07) is -0.139. The zero-order valence-corrected chi connectivity index (χ0v) is 27.9. The molecule has 44 heavy (non-hydrogen) atoms. The maximum Gasteiger partial charge on any atom is 0.416 e. The van der Waals surface area contributed by atoms with Gasteiger partial charge in [0.2, 0.25) is 10.6 Å². The molecule has 14 nitrogen and oxygen atoms in total. The molecule has 2 saturated heterocycles. The second kappa shape index (κ2) is 11.5. The van der Waals surface area contributed by atoms with E-state index in [4.69, 9.17) is 35.3 Å². The maximum absolute atomic E-state index is 13.5. The largest absolute Gasteiger partial charge is 0.479 e. The summed E-state index contributed by atoms with van der Waals surface area (Å²) in [6.07, 6.45) is 1.45. The number of carbonyl (C=O) groups is 2. The van der Waals surface area contributed by atoms with E-state index in [9.17, 15) is 19.3 Å². The number of aliphatic carboxylic acids is 1. The van der Waals surface area contributed by atoms with E-state index in [0.29, 0.717) is 11.0 Å². The Morgan fingerprint density at radius 1 is 1.16 bits per heavy atom. The van der Waals surface area contributed by atoms with Crippen molar-refractivity contribution < 1.29 is 42.9 Å². The van der Waals surface area contributed by atoms with E-state index in [1.807, 2.05) is 0 Å². The van der Waals surface area contributed by atoms with Crippen LogP contribution in [0.4, 0.5) is 10.6 Å². The van der Waals surface area contributed by atoms with Gasteiger partial charge in [0, 0.05) is 6.04 Å². The fourth-order valence-corrected chi connectivity index (χ4v) is 6.83. The first-order valence-corrected chi connectivity index (χ1v) is 17.7. The number of aromatic nitrogens is 4. The van der Waals surface area contributed by atoms with Gasteiger partial charge in [-0.3, -0.25) is 4.90 Å². The molecule has 3 fully saturated rings. The topological polar surface area (TPSA) is 164 Å². The van der Waals surface area contributed by atoms with Crippen LogP contribution in [0.2, 0.25) is 5.28 Å². The fourth-order valence-electron chi connectivity index (χ4n) is 5.82. The molecule has 0 aromatic carbocycles. The second-order valence-electron chi connectivity index (χ2n) is 13.5. The van der Waals surface area contributed by atoms with Crippen molar-refractivity contribution in [1.82, 2.24) is 19.7 Å². The Morgan fingerprint density at radius 2 is 1.80 bits per heavy atom.